The van der Waals surface area contributed by atoms with Crippen LogP contribution < -0.4 is 11.1 Å². The molecule has 1 aliphatic heterocycles. The summed E-state index contributed by atoms with van der Waals surface area (Å²) in [4.78, 5) is 17.0. The number of aliphatic imine (C=N–C) groups is 1. The number of thiophene rings is 1. The van der Waals surface area contributed by atoms with Crippen molar-refractivity contribution in [3.63, 3.8) is 0 Å². The number of amidine groups is 1. The normalized spacial score (nSPS) is 16.7. The van der Waals surface area contributed by atoms with Gasteiger partial charge in [-0.15, -0.1) is 11.3 Å². The van der Waals surface area contributed by atoms with Gasteiger partial charge in [0.25, 0.3) is 5.91 Å². The number of hydrogen-bond donors (Lipinski definition) is 2. The van der Waals surface area contributed by atoms with E-state index in [9.17, 15) is 18.0 Å². The molecule has 0 unspecified atom stereocenters. The van der Waals surface area contributed by atoms with E-state index in [4.69, 9.17) is 5.73 Å². The summed E-state index contributed by atoms with van der Waals surface area (Å²) in [5.41, 5.74) is 4.97. The van der Waals surface area contributed by atoms with E-state index in [-0.39, 0.29) is 5.84 Å². The molecule has 0 spiro atoms. The molecule has 0 fully saturated rings. The lowest BCUT2D eigenvalue weighted by molar-refractivity contribution is -0.193. The van der Waals surface area contributed by atoms with Crippen molar-refractivity contribution in [2.75, 3.05) is 6.54 Å². The molecule has 0 atom stereocenters. The number of hydrogen-bond acceptors (Lipinski definition) is 3. The van der Waals surface area contributed by atoms with Crippen LogP contribution in [0.3, 0.4) is 0 Å². The van der Waals surface area contributed by atoms with Gasteiger partial charge in [0.05, 0.1) is 11.0 Å². The van der Waals surface area contributed by atoms with Crippen LogP contribution in [0.25, 0.3) is 0 Å². The molecule has 23 heavy (non-hydrogen) atoms. The third-order valence-electron chi connectivity index (χ3n) is 3.68. The maximum atomic E-state index is 12.8. The molecular formula is C15H18F3N3OS. The van der Waals surface area contributed by atoms with Crippen molar-refractivity contribution < 1.29 is 18.0 Å². The maximum Gasteiger partial charge on any atom is 0.397 e. The van der Waals surface area contributed by atoms with Crippen LogP contribution in [0.15, 0.2) is 22.5 Å². The molecule has 2 rings (SSSR count). The Kier molecular flexibility index (Phi) is 4.95. The summed E-state index contributed by atoms with van der Waals surface area (Å²) >= 11 is 1.47. The van der Waals surface area contributed by atoms with Crippen LogP contribution in [-0.2, 0) is 13.0 Å². The monoisotopic (exact) mass is 345 g/mol. The molecule has 1 aliphatic rings. The van der Waals surface area contributed by atoms with Crippen LogP contribution in [0.2, 0.25) is 0 Å². The summed E-state index contributed by atoms with van der Waals surface area (Å²) in [6.45, 7) is 3.55. The number of allylic oxidation sites excluding steroid dienone is 1. The molecule has 0 saturated carbocycles. The zero-order valence-electron chi connectivity index (χ0n) is 12.8. The highest BCUT2D eigenvalue weighted by Crippen LogP contribution is 2.38. The molecule has 8 heteroatoms. The maximum absolute atomic E-state index is 12.8. The number of alkyl halides is 3. The first-order chi connectivity index (χ1) is 10.6. The van der Waals surface area contributed by atoms with E-state index in [1.807, 2.05) is 0 Å². The Morgan fingerprint density at radius 3 is 2.78 bits per heavy atom. The lowest BCUT2D eigenvalue weighted by Gasteiger charge is -2.23. The molecule has 1 aromatic rings. The van der Waals surface area contributed by atoms with Crippen molar-refractivity contribution in [3.8, 4) is 0 Å². The molecule has 0 radical (unpaired) electrons. The molecule has 0 saturated heterocycles. The first-order valence-corrected chi connectivity index (χ1v) is 7.94. The minimum Gasteiger partial charge on any atom is -0.384 e. The Bertz CT molecular complexity index is 659. The van der Waals surface area contributed by atoms with Crippen molar-refractivity contribution in [1.82, 2.24) is 5.32 Å². The summed E-state index contributed by atoms with van der Waals surface area (Å²) in [6.07, 6.45) is -1.72. The molecule has 0 aromatic carbocycles. The SMILES string of the molecule is CC(C)(/C=C/C(N)=NC(=O)c1csc2c1CCNC2)C(F)(F)F. The topological polar surface area (TPSA) is 67.5 Å². The molecule has 0 bridgehead atoms. The summed E-state index contributed by atoms with van der Waals surface area (Å²) in [5.74, 6) is -0.752. The quantitative estimate of drug-likeness (QED) is 0.654. The van der Waals surface area contributed by atoms with Crippen molar-refractivity contribution in [3.05, 3.63) is 33.5 Å². The molecule has 1 aromatic heterocycles. The van der Waals surface area contributed by atoms with E-state index in [1.54, 1.807) is 5.38 Å². The zero-order chi connectivity index (χ0) is 17.3. The first kappa shape index (κ1) is 17.7. The Morgan fingerprint density at radius 1 is 1.43 bits per heavy atom. The Labute approximate surface area is 136 Å². The fourth-order valence-corrected chi connectivity index (χ4v) is 3.09. The van der Waals surface area contributed by atoms with Crippen LogP contribution in [0.5, 0.6) is 0 Å². The van der Waals surface area contributed by atoms with Crippen molar-refractivity contribution >= 4 is 23.1 Å². The Balaban J connectivity index is 2.15. The van der Waals surface area contributed by atoms with Gasteiger partial charge in [0, 0.05) is 16.8 Å². The van der Waals surface area contributed by atoms with Crippen LogP contribution in [0, 0.1) is 5.41 Å². The van der Waals surface area contributed by atoms with Crippen molar-refractivity contribution in [2.24, 2.45) is 16.1 Å². The number of nitrogens with zero attached hydrogens (tertiary/aromatic N) is 1. The average molecular weight is 345 g/mol. The third-order valence-corrected chi connectivity index (χ3v) is 4.71. The number of carbonyl (C=O) groups excluding carboxylic acids is 1. The van der Waals surface area contributed by atoms with Gasteiger partial charge in [-0.3, -0.25) is 4.79 Å². The summed E-state index contributed by atoms with van der Waals surface area (Å²) < 4.78 is 38.3. The lowest BCUT2D eigenvalue weighted by atomic mass is 9.92. The third kappa shape index (κ3) is 4.00. The number of amides is 1. The largest absolute Gasteiger partial charge is 0.397 e. The van der Waals surface area contributed by atoms with E-state index in [2.05, 4.69) is 10.3 Å². The predicted molar refractivity (Wildman–Crippen MR) is 84.7 cm³/mol. The lowest BCUT2D eigenvalue weighted by Crippen LogP contribution is -2.30. The molecular weight excluding hydrogens is 327 g/mol. The highest BCUT2D eigenvalue weighted by molar-refractivity contribution is 7.10. The molecule has 0 aliphatic carbocycles. The fourth-order valence-electron chi connectivity index (χ4n) is 2.04. The van der Waals surface area contributed by atoms with Crippen LogP contribution in [0.1, 0.15) is 34.6 Å². The Hall–Kier alpha value is -1.67. The fraction of sp³-hybridized carbons (Fsp3) is 0.467. The van der Waals surface area contributed by atoms with Crippen LogP contribution >= 0.6 is 11.3 Å². The van der Waals surface area contributed by atoms with Gasteiger partial charge in [-0.05, 0) is 38.5 Å². The van der Waals surface area contributed by atoms with E-state index >= 15 is 0 Å². The molecule has 4 nitrogen and oxygen atoms in total. The van der Waals surface area contributed by atoms with Gasteiger partial charge < -0.3 is 11.1 Å². The highest BCUT2D eigenvalue weighted by Gasteiger charge is 2.45. The summed E-state index contributed by atoms with van der Waals surface area (Å²) in [7, 11) is 0. The van der Waals surface area contributed by atoms with Gasteiger partial charge in [-0.2, -0.15) is 18.2 Å². The van der Waals surface area contributed by atoms with E-state index in [0.29, 0.717) is 12.1 Å². The van der Waals surface area contributed by atoms with Gasteiger partial charge in [0.15, 0.2) is 0 Å². The van der Waals surface area contributed by atoms with Crippen LogP contribution in [0.4, 0.5) is 13.2 Å². The molecule has 126 valence electrons. The minimum absolute atomic E-state index is 0.235. The molecule has 1 amide bonds. The Morgan fingerprint density at radius 2 is 2.13 bits per heavy atom. The number of nitrogens with two attached hydrogens (primary N) is 1. The molecule has 3 N–H and O–H groups in total. The standard InChI is InChI=1S/C15H18F3N3OS/c1-14(2,15(16,17)18)5-3-12(19)21-13(22)10-8-23-11-7-20-6-4-9(10)11/h3,5,8,20H,4,6-7H2,1-2H3,(H2,19,21,22)/b5-3+. The van der Waals surface area contributed by atoms with E-state index < -0.39 is 17.5 Å². The number of halogens is 3. The van der Waals surface area contributed by atoms with Gasteiger partial charge in [0.1, 0.15) is 5.84 Å². The van der Waals surface area contributed by atoms with Crippen molar-refractivity contribution in [1.29, 1.82) is 0 Å². The zero-order valence-corrected chi connectivity index (χ0v) is 13.6. The van der Waals surface area contributed by atoms with E-state index in [0.717, 1.165) is 49.4 Å². The second-order valence-electron chi connectivity index (χ2n) is 5.87. The van der Waals surface area contributed by atoms with Gasteiger partial charge in [-0.1, -0.05) is 6.08 Å². The second kappa shape index (κ2) is 6.45. The van der Waals surface area contributed by atoms with Crippen LogP contribution in [-0.4, -0.2) is 24.5 Å². The number of fused-ring (bicyclic) bond motifs is 1. The van der Waals surface area contributed by atoms with Gasteiger partial charge >= 0.3 is 6.18 Å². The van der Waals surface area contributed by atoms with E-state index in [1.165, 1.54) is 11.3 Å². The number of carbonyl (C=O) groups is 1. The smallest absolute Gasteiger partial charge is 0.384 e. The van der Waals surface area contributed by atoms with Crippen molar-refractivity contribution in [2.45, 2.75) is 33.0 Å². The number of nitrogens with one attached hydrogen (secondary N) is 1. The predicted octanol–water partition coefficient (Wildman–Crippen LogP) is 3.04. The summed E-state index contributed by atoms with van der Waals surface area (Å²) in [6, 6.07) is 0. The first-order valence-electron chi connectivity index (χ1n) is 7.06. The highest BCUT2D eigenvalue weighted by atomic mass is 32.1. The summed E-state index contributed by atoms with van der Waals surface area (Å²) in [5, 5.41) is 4.93. The second-order valence-corrected chi connectivity index (χ2v) is 6.84. The van der Waals surface area contributed by atoms with Gasteiger partial charge in [0.2, 0.25) is 0 Å². The average Bonchev–Trinajstić information content (AvgIpc) is 2.88. The van der Waals surface area contributed by atoms with Gasteiger partial charge in [-0.25, -0.2) is 0 Å². The number of rotatable bonds is 3. The molecule has 2 heterocycles. The minimum atomic E-state index is -4.40.